The van der Waals surface area contributed by atoms with E-state index in [2.05, 4.69) is 0 Å². The molecule has 3 nitrogen and oxygen atoms in total. The Kier molecular flexibility index (Phi) is 6.34. The van der Waals surface area contributed by atoms with E-state index in [1.807, 2.05) is 6.07 Å². The number of methoxy groups -OCH3 is 1. The van der Waals surface area contributed by atoms with E-state index in [1.165, 1.54) is 0 Å². The van der Waals surface area contributed by atoms with Gasteiger partial charge in [0.2, 0.25) is 0 Å². The Labute approximate surface area is 107 Å². The molecular weight excluding hydrogens is 240 g/mol. The van der Waals surface area contributed by atoms with Gasteiger partial charge in [-0.3, -0.25) is 0 Å². The predicted octanol–water partition coefficient (Wildman–Crippen LogP) is 3.20. The summed E-state index contributed by atoms with van der Waals surface area (Å²) in [6, 6.07) is 5.35. The third-order valence-electron chi connectivity index (χ3n) is 2.44. The number of aliphatic hydroxyl groups is 1. The first kappa shape index (κ1) is 14.3. The van der Waals surface area contributed by atoms with E-state index < -0.39 is 6.10 Å². The van der Waals surface area contributed by atoms with E-state index in [4.69, 9.17) is 21.1 Å². The maximum atomic E-state index is 9.40. The molecule has 0 saturated heterocycles. The molecule has 0 bridgehead atoms. The van der Waals surface area contributed by atoms with Crippen molar-refractivity contribution in [1.82, 2.24) is 0 Å². The van der Waals surface area contributed by atoms with Crippen molar-refractivity contribution in [2.45, 2.75) is 25.9 Å². The quantitative estimate of drug-likeness (QED) is 0.764. The zero-order valence-electron chi connectivity index (χ0n) is 10.3. The third kappa shape index (κ3) is 4.94. The molecule has 0 radical (unpaired) electrons. The summed E-state index contributed by atoms with van der Waals surface area (Å²) in [5.41, 5.74) is 0.793. The highest BCUT2D eigenvalue weighted by molar-refractivity contribution is 6.32. The molecule has 96 valence electrons. The van der Waals surface area contributed by atoms with Crippen LogP contribution in [0, 0.1) is 0 Å². The molecule has 0 spiro atoms. The van der Waals surface area contributed by atoms with Crippen LogP contribution in [0.4, 0.5) is 0 Å². The minimum Gasteiger partial charge on any atom is -0.492 e. The molecule has 0 aliphatic carbocycles. The Morgan fingerprint density at radius 1 is 1.29 bits per heavy atom. The number of hydrogen-bond acceptors (Lipinski definition) is 3. The van der Waals surface area contributed by atoms with Gasteiger partial charge in [0.25, 0.3) is 0 Å². The fourth-order valence-electron chi connectivity index (χ4n) is 1.42. The van der Waals surface area contributed by atoms with Gasteiger partial charge in [0, 0.05) is 13.7 Å². The maximum absolute atomic E-state index is 9.40. The molecule has 0 aliphatic heterocycles. The van der Waals surface area contributed by atoms with Crippen molar-refractivity contribution < 1.29 is 14.6 Å². The summed E-state index contributed by atoms with van der Waals surface area (Å²) in [7, 11) is 1.69. The van der Waals surface area contributed by atoms with Crippen molar-refractivity contribution >= 4 is 11.6 Å². The number of aliphatic hydroxyl groups excluding tert-OH is 1. The van der Waals surface area contributed by atoms with Gasteiger partial charge in [0.1, 0.15) is 5.75 Å². The fourth-order valence-corrected chi connectivity index (χ4v) is 1.67. The van der Waals surface area contributed by atoms with Gasteiger partial charge in [-0.25, -0.2) is 0 Å². The molecule has 1 atom stereocenters. The Morgan fingerprint density at radius 2 is 2.00 bits per heavy atom. The first-order chi connectivity index (χ1) is 8.15. The van der Waals surface area contributed by atoms with Gasteiger partial charge in [-0.1, -0.05) is 17.7 Å². The summed E-state index contributed by atoms with van der Waals surface area (Å²) in [6.45, 7) is 3.08. The summed E-state index contributed by atoms with van der Waals surface area (Å²) in [4.78, 5) is 0. The molecule has 0 heterocycles. The average Bonchev–Trinajstić information content (AvgIpc) is 2.30. The maximum Gasteiger partial charge on any atom is 0.137 e. The SMILES string of the molecule is COCCCCOc1ccc([C@H](C)O)cc1Cl. The van der Waals surface area contributed by atoms with E-state index in [1.54, 1.807) is 26.2 Å². The summed E-state index contributed by atoms with van der Waals surface area (Å²) in [5, 5.41) is 9.94. The Balaban J connectivity index is 2.43. The van der Waals surface area contributed by atoms with Crippen LogP contribution in [0.15, 0.2) is 18.2 Å². The van der Waals surface area contributed by atoms with Gasteiger partial charge in [0.05, 0.1) is 17.7 Å². The van der Waals surface area contributed by atoms with Crippen LogP contribution in [0.25, 0.3) is 0 Å². The van der Waals surface area contributed by atoms with Crippen molar-refractivity contribution in [3.63, 3.8) is 0 Å². The van der Waals surface area contributed by atoms with Crippen LogP contribution >= 0.6 is 11.6 Å². The second kappa shape index (κ2) is 7.54. The van der Waals surface area contributed by atoms with Crippen LogP contribution in [0.3, 0.4) is 0 Å². The number of unbranched alkanes of at least 4 members (excludes halogenated alkanes) is 1. The van der Waals surface area contributed by atoms with Crippen molar-refractivity contribution in [3.8, 4) is 5.75 Å². The van der Waals surface area contributed by atoms with Crippen LogP contribution in [0.5, 0.6) is 5.75 Å². The number of hydrogen-bond donors (Lipinski definition) is 1. The topological polar surface area (TPSA) is 38.7 Å². The predicted molar refractivity (Wildman–Crippen MR) is 68.7 cm³/mol. The first-order valence-corrected chi connectivity index (χ1v) is 6.12. The minimum absolute atomic E-state index is 0.511. The summed E-state index contributed by atoms with van der Waals surface area (Å²) in [6.07, 6.45) is 1.39. The van der Waals surface area contributed by atoms with Crippen molar-refractivity contribution in [2.75, 3.05) is 20.3 Å². The minimum atomic E-state index is -0.511. The van der Waals surface area contributed by atoms with Gasteiger partial charge in [-0.05, 0) is 37.5 Å². The lowest BCUT2D eigenvalue weighted by Crippen LogP contribution is -2.00. The van der Waals surface area contributed by atoms with E-state index in [9.17, 15) is 5.11 Å². The fraction of sp³-hybridized carbons (Fsp3) is 0.538. The standard InChI is InChI=1S/C13H19ClO3/c1-10(15)11-5-6-13(12(14)9-11)17-8-4-3-7-16-2/h5-6,9-10,15H,3-4,7-8H2,1-2H3/t10-/m0/s1. The first-order valence-electron chi connectivity index (χ1n) is 5.74. The number of ether oxygens (including phenoxy) is 2. The van der Waals surface area contributed by atoms with Crippen LogP contribution in [-0.2, 0) is 4.74 Å². The van der Waals surface area contributed by atoms with Crippen LogP contribution in [-0.4, -0.2) is 25.4 Å². The lowest BCUT2D eigenvalue weighted by Gasteiger charge is -2.10. The molecular formula is C13H19ClO3. The van der Waals surface area contributed by atoms with Gasteiger partial charge < -0.3 is 14.6 Å². The van der Waals surface area contributed by atoms with Crippen molar-refractivity contribution in [3.05, 3.63) is 28.8 Å². The molecule has 1 aromatic rings. The normalized spacial score (nSPS) is 12.5. The molecule has 0 unspecified atom stereocenters. The number of halogens is 1. The summed E-state index contributed by atoms with van der Waals surface area (Å²) in [5.74, 6) is 0.661. The monoisotopic (exact) mass is 258 g/mol. The lowest BCUT2D eigenvalue weighted by atomic mass is 10.1. The number of rotatable bonds is 7. The molecule has 4 heteroatoms. The zero-order valence-corrected chi connectivity index (χ0v) is 11.0. The molecule has 1 aromatic carbocycles. The zero-order chi connectivity index (χ0) is 12.7. The van der Waals surface area contributed by atoms with Crippen molar-refractivity contribution in [2.24, 2.45) is 0 Å². The van der Waals surface area contributed by atoms with E-state index in [0.29, 0.717) is 17.4 Å². The summed E-state index contributed by atoms with van der Waals surface area (Å²) >= 11 is 6.05. The second-order valence-electron chi connectivity index (χ2n) is 3.91. The summed E-state index contributed by atoms with van der Waals surface area (Å²) < 4.78 is 10.5. The molecule has 0 aliphatic rings. The molecule has 0 saturated carbocycles. The molecule has 17 heavy (non-hydrogen) atoms. The van der Waals surface area contributed by atoms with E-state index in [-0.39, 0.29) is 0 Å². The largest absolute Gasteiger partial charge is 0.492 e. The Morgan fingerprint density at radius 3 is 2.59 bits per heavy atom. The van der Waals surface area contributed by atoms with Crippen LogP contribution in [0.1, 0.15) is 31.4 Å². The molecule has 1 rings (SSSR count). The van der Waals surface area contributed by atoms with Gasteiger partial charge in [-0.2, -0.15) is 0 Å². The average molecular weight is 259 g/mol. The highest BCUT2D eigenvalue weighted by Crippen LogP contribution is 2.27. The van der Waals surface area contributed by atoms with E-state index in [0.717, 1.165) is 25.0 Å². The third-order valence-corrected chi connectivity index (χ3v) is 2.73. The van der Waals surface area contributed by atoms with Gasteiger partial charge >= 0.3 is 0 Å². The smallest absolute Gasteiger partial charge is 0.137 e. The highest BCUT2D eigenvalue weighted by atomic mass is 35.5. The van der Waals surface area contributed by atoms with Crippen molar-refractivity contribution in [1.29, 1.82) is 0 Å². The highest BCUT2D eigenvalue weighted by Gasteiger charge is 2.06. The van der Waals surface area contributed by atoms with Crippen LogP contribution in [0.2, 0.25) is 5.02 Å². The Bertz CT molecular complexity index is 339. The molecule has 0 fully saturated rings. The number of benzene rings is 1. The van der Waals surface area contributed by atoms with Gasteiger partial charge in [-0.15, -0.1) is 0 Å². The second-order valence-corrected chi connectivity index (χ2v) is 4.32. The van der Waals surface area contributed by atoms with E-state index >= 15 is 0 Å². The molecule has 0 aromatic heterocycles. The Hall–Kier alpha value is -0.770. The lowest BCUT2D eigenvalue weighted by molar-refractivity contribution is 0.184. The molecule has 1 N–H and O–H groups in total. The molecule has 0 amide bonds. The van der Waals surface area contributed by atoms with Crippen LogP contribution < -0.4 is 4.74 Å². The van der Waals surface area contributed by atoms with Gasteiger partial charge in [0.15, 0.2) is 0 Å².